The third kappa shape index (κ3) is 2.05. The van der Waals surface area contributed by atoms with Crippen LogP contribution in [0.5, 0.6) is 0 Å². The summed E-state index contributed by atoms with van der Waals surface area (Å²) in [6, 6.07) is 9.28. The molecule has 1 aromatic carbocycles. The molecule has 3 atom stereocenters. The highest BCUT2D eigenvalue weighted by molar-refractivity contribution is 5.56. The quantitative estimate of drug-likeness (QED) is 0.841. The number of anilines is 1. The van der Waals surface area contributed by atoms with Gasteiger partial charge in [-0.2, -0.15) is 0 Å². The lowest BCUT2D eigenvalue weighted by Gasteiger charge is -2.39. The van der Waals surface area contributed by atoms with E-state index in [1.54, 1.807) is 0 Å². The standard InChI is InChI=1S/C16H21NO2/c1-2-4-14-12(3-1)9-15(17-14)13-5-7-19-16(10-13)6-8-18-11-16/h1-4,13,15,17H,5-11H2. The highest BCUT2D eigenvalue weighted by Crippen LogP contribution is 2.40. The second-order valence-electron chi connectivity index (χ2n) is 6.20. The van der Waals surface area contributed by atoms with Gasteiger partial charge in [0.15, 0.2) is 0 Å². The van der Waals surface area contributed by atoms with Gasteiger partial charge in [-0.05, 0) is 36.8 Å². The molecule has 2 fully saturated rings. The summed E-state index contributed by atoms with van der Waals surface area (Å²) >= 11 is 0. The Hall–Kier alpha value is -1.06. The molecule has 1 aromatic rings. The van der Waals surface area contributed by atoms with E-state index in [-0.39, 0.29) is 5.60 Å². The van der Waals surface area contributed by atoms with Gasteiger partial charge in [0.05, 0.1) is 12.2 Å². The van der Waals surface area contributed by atoms with Crippen LogP contribution in [-0.4, -0.2) is 31.5 Å². The molecular formula is C16H21NO2. The van der Waals surface area contributed by atoms with E-state index in [1.807, 2.05) is 0 Å². The van der Waals surface area contributed by atoms with Crippen LogP contribution in [0.15, 0.2) is 24.3 Å². The molecular weight excluding hydrogens is 238 g/mol. The van der Waals surface area contributed by atoms with Crippen LogP contribution in [0, 0.1) is 5.92 Å². The van der Waals surface area contributed by atoms with E-state index in [2.05, 4.69) is 29.6 Å². The second kappa shape index (κ2) is 4.50. The molecule has 2 saturated heterocycles. The second-order valence-corrected chi connectivity index (χ2v) is 6.20. The molecule has 3 heterocycles. The Morgan fingerprint density at radius 3 is 3.00 bits per heavy atom. The average Bonchev–Trinajstić information content (AvgIpc) is 3.05. The maximum absolute atomic E-state index is 6.04. The molecule has 0 radical (unpaired) electrons. The lowest BCUT2D eigenvalue weighted by molar-refractivity contribution is -0.0999. The zero-order valence-corrected chi connectivity index (χ0v) is 11.2. The van der Waals surface area contributed by atoms with Crippen molar-refractivity contribution in [3.05, 3.63) is 29.8 Å². The summed E-state index contributed by atoms with van der Waals surface area (Å²) in [6.45, 7) is 2.55. The molecule has 1 spiro atoms. The van der Waals surface area contributed by atoms with E-state index in [0.717, 1.165) is 39.1 Å². The Kier molecular flexibility index (Phi) is 2.78. The Bertz CT molecular complexity index is 443. The number of para-hydroxylation sites is 1. The number of rotatable bonds is 1. The summed E-state index contributed by atoms with van der Waals surface area (Å²) in [7, 11) is 0. The van der Waals surface area contributed by atoms with E-state index in [9.17, 15) is 0 Å². The van der Waals surface area contributed by atoms with Gasteiger partial charge in [-0.1, -0.05) is 18.2 Å². The van der Waals surface area contributed by atoms with Gasteiger partial charge in [0, 0.05) is 31.4 Å². The zero-order chi connectivity index (χ0) is 12.7. The zero-order valence-electron chi connectivity index (χ0n) is 11.2. The summed E-state index contributed by atoms with van der Waals surface area (Å²) in [5.41, 5.74) is 2.82. The summed E-state index contributed by atoms with van der Waals surface area (Å²) in [4.78, 5) is 0. The molecule has 3 aliphatic heterocycles. The first kappa shape index (κ1) is 11.7. The Morgan fingerprint density at radius 1 is 1.21 bits per heavy atom. The van der Waals surface area contributed by atoms with Gasteiger partial charge in [-0.3, -0.25) is 0 Å². The van der Waals surface area contributed by atoms with Crippen LogP contribution in [0.2, 0.25) is 0 Å². The minimum atomic E-state index is 0.0272. The van der Waals surface area contributed by atoms with Gasteiger partial charge in [-0.15, -0.1) is 0 Å². The third-order valence-corrected chi connectivity index (χ3v) is 4.97. The van der Waals surface area contributed by atoms with E-state index in [0.29, 0.717) is 12.0 Å². The van der Waals surface area contributed by atoms with Crippen molar-refractivity contribution in [1.29, 1.82) is 0 Å². The Morgan fingerprint density at radius 2 is 2.16 bits per heavy atom. The summed E-state index contributed by atoms with van der Waals surface area (Å²) in [5.74, 6) is 0.711. The summed E-state index contributed by atoms with van der Waals surface area (Å²) in [5, 5.41) is 3.71. The molecule has 0 saturated carbocycles. The SMILES string of the molecule is c1ccc2c(c1)CC(C1CCOC3(CCOC3)C1)N2. The van der Waals surface area contributed by atoms with Gasteiger partial charge >= 0.3 is 0 Å². The smallest absolute Gasteiger partial charge is 0.0940 e. The molecule has 19 heavy (non-hydrogen) atoms. The lowest BCUT2D eigenvalue weighted by Crippen LogP contribution is -2.44. The van der Waals surface area contributed by atoms with Crippen molar-refractivity contribution in [2.75, 3.05) is 25.1 Å². The number of hydrogen-bond donors (Lipinski definition) is 1. The minimum absolute atomic E-state index is 0.0272. The monoisotopic (exact) mass is 259 g/mol. The molecule has 0 aliphatic carbocycles. The molecule has 102 valence electrons. The molecule has 0 aromatic heterocycles. The predicted molar refractivity (Wildman–Crippen MR) is 74.4 cm³/mol. The maximum atomic E-state index is 6.04. The fourth-order valence-electron chi connectivity index (χ4n) is 3.88. The highest BCUT2D eigenvalue weighted by atomic mass is 16.6. The van der Waals surface area contributed by atoms with Crippen LogP contribution >= 0.6 is 0 Å². The molecule has 0 bridgehead atoms. The van der Waals surface area contributed by atoms with Crippen LogP contribution in [0.3, 0.4) is 0 Å². The van der Waals surface area contributed by atoms with Crippen molar-refractivity contribution in [3.8, 4) is 0 Å². The minimum Gasteiger partial charge on any atom is -0.381 e. The van der Waals surface area contributed by atoms with Crippen LogP contribution in [0.1, 0.15) is 24.8 Å². The molecule has 0 amide bonds. The van der Waals surface area contributed by atoms with Gasteiger partial charge in [-0.25, -0.2) is 0 Å². The van der Waals surface area contributed by atoms with Crippen molar-refractivity contribution in [1.82, 2.24) is 0 Å². The molecule has 3 unspecified atom stereocenters. The van der Waals surface area contributed by atoms with Gasteiger partial charge < -0.3 is 14.8 Å². The molecule has 1 N–H and O–H groups in total. The lowest BCUT2D eigenvalue weighted by atomic mass is 9.80. The number of nitrogens with one attached hydrogen (secondary N) is 1. The molecule has 3 aliphatic rings. The van der Waals surface area contributed by atoms with Gasteiger partial charge in [0.1, 0.15) is 0 Å². The van der Waals surface area contributed by atoms with E-state index < -0.39 is 0 Å². The Labute approximate surface area is 114 Å². The fraction of sp³-hybridized carbons (Fsp3) is 0.625. The largest absolute Gasteiger partial charge is 0.381 e. The summed E-state index contributed by atoms with van der Waals surface area (Å²) in [6.07, 6.45) is 4.56. The van der Waals surface area contributed by atoms with E-state index in [4.69, 9.17) is 9.47 Å². The molecule has 3 heteroatoms. The van der Waals surface area contributed by atoms with Crippen molar-refractivity contribution in [2.45, 2.75) is 37.3 Å². The Balaban J connectivity index is 1.49. The van der Waals surface area contributed by atoms with Crippen LogP contribution in [0.25, 0.3) is 0 Å². The van der Waals surface area contributed by atoms with Crippen molar-refractivity contribution < 1.29 is 9.47 Å². The number of benzene rings is 1. The van der Waals surface area contributed by atoms with Crippen LogP contribution in [0.4, 0.5) is 5.69 Å². The first-order chi connectivity index (χ1) is 9.35. The average molecular weight is 259 g/mol. The number of hydrogen-bond acceptors (Lipinski definition) is 3. The maximum Gasteiger partial charge on any atom is 0.0940 e. The van der Waals surface area contributed by atoms with Gasteiger partial charge in [0.25, 0.3) is 0 Å². The van der Waals surface area contributed by atoms with Crippen LogP contribution in [-0.2, 0) is 15.9 Å². The third-order valence-electron chi connectivity index (χ3n) is 4.97. The van der Waals surface area contributed by atoms with E-state index in [1.165, 1.54) is 17.7 Å². The van der Waals surface area contributed by atoms with Gasteiger partial charge in [0.2, 0.25) is 0 Å². The van der Waals surface area contributed by atoms with E-state index >= 15 is 0 Å². The van der Waals surface area contributed by atoms with Crippen molar-refractivity contribution in [3.63, 3.8) is 0 Å². The summed E-state index contributed by atoms with van der Waals surface area (Å²) < 4.78 is 11.6. The topological polar surface area (TPSA) is 30.5 Å². The molecule has 4 rings (SSSR count). The molecule has 3 nitrogen and oxygen atoms in total. The first-order valence-electron chi connectivity index (χ1n) is 7.41. The first-order valence-corrected chi connectivity index (χ1v) is 7.41. The highest BCUT2D eigenvalue weighted by Gasteiger charge is 2.43. The van der Waals surface area contributed by atoms with Crippen molar-refractivity contribution in [2.24, 2.45) is 5.92 Å². The number of ether oxygens (including phenoxy) is 2. The van der Waals surface area contributed by atoms with Crippen molar-refractivity contribution >= 4 is 5.69 Å². The number of fused-ring (bicyclic) bond motifs is 1. The van der Waals surface area contributed by atoms with Crippen LogP contribution < -0.4 is 5.32 Å². The normalized spacial score (nSPS) is 37.3. The predicted octanol–water partition coefficient (Wildman–Crippen LogP) is 2.61. The fourth-order valence-corrected chi connectivity index (χ4v) is 3.88.